The summed E-state index contributed by atoms with van der Waals surface area (Å²) in [4.78, 5) is 15.6. The second-order valence-electron chi connectivity index (χ2n) is 5.93. The molecule has 0 heterocycles. The molecule has 0 saturated heterocycles. The van der Waals surface area contributed by atoms with E-state index in [0.717, 1.165) is 16.0 Å². The van der Waals surface area contributed by atoms with Crippen LogP contribution in [0.2, 0.25) is 0 Å². The third kappa shape index (κ3) is 4.58. The van der Waals surface area contributed by atoms with Crippen molar-refractivity contribution in [1.29, 1.82) is 0 Å². The van der Waals surface area contributed by atoms with Crippen molar-refractivity contribution in [3.8, 4) is 0 Å². The summed E-state index contributed by atoms with van der Waals surface area (Å²) < 4.78 is 13.5. The number of aryl methyl sites for hydroxylation is 1. The highest BCUT2D eigenvalue weighted by Gasteiger charge is 2.17. The van der Waals surface area contributed by atoms with Crippen LogP contribution in [0.4, 0.5) is 4.39 Å². The summed E-state index contributed by atoms with van der Waals surface area (Å²) in [5.74, 6) is -0.374. The third-order valence-corrected chi connectivity index (χ3v) is 4.73. The molecule has 0 saturated carbocycles. The van der Waals surface area contributed by atoms with Crippen LogP contribution < -0.4 is 5.32 Å². The summed E-state index contributed by atoms with van der Waals surface area (Å²) in [5.41, 5.74) is 2.46. The molecule has 0 spiro atoms. The monoisotopic (exact) mass is 346 g/mol. The van der Waals surface area contributed by atoms with E-state index in [1.807, 2.05) is 56.4 Å². The van der Waals surface area contributed by atoms with Gasteiger partial charge in [-0.1, -0.05) is 18.2 Å². The Morgan fingerprint density at radius 3 is 2.62 bits per heavy atom. The highest BCUT2D eigenvalue weighted by molar-refractivity contribution is 7.98. The zero-order valence-electron chi connectivity index (χ0n) is 14.5. The van der Waals surface area contributed by atoms with Gasteiger partial charge in [0.2, 0.25) is 0 Å². The van der Waals surface area contributed by atoms with Crippen molar-refractivity contribution >= 4 is 17.7 Å². The molecule has 0 aromatic heterocycles. The van der Waals surface area contributed by atoms with E-state index in [-0.39, 0.29) is 17.8 Å². The maximum absolute atomic E-state index is 13.5. The normalized spacial score (nSPS) is 12.2. The van der Waals surface area contributed by atoms with Gasteiger partial charge in [-0.05, 0) is 62.7 Å². The van der Waals surface area contributed by atoms with Crippen LogP contribution >= 0.6 is 11.8 Å². The van der Waals surface area contributed by atoms with Gasteiger partial charge in [0.25, 0.3) is 5.91 Å². The van der Waals surface area contributed by atoms with Gasteiger partial charge in [0.15, 0.2) is 0 Å². The number of nitrogens with zero attached hydrogens (tertiary/aromatic N) is 1. The summed E-state index contributed by atoms with van der Waals surface area (Å²) >= 11 is 1.61. The second-order valence-corrected chi connectivity index (χ2v) is 6.80. The molecule has 1 unspecified atom stereocenters. The van der Waals surface area contributed by atoms with Crippen LogP contribution in [0.3, 0.4) is 0 Å². The van der Waals surface area contributed by atoms with E-state index in [4.69, 9.17) is 0 Å². The van der Waals surface area contributed by atoms with E-state index in [9.17, 15) is 9.18 Å². The van der Waals surface area contributed by atoms with E-state index < -0.39 is 0 Å². The lowest BCUT2D eigenvalue weighted by Gasteiger charge is -2.25. The molecule has 2 aromatic rings. The lowest BCUT2D eigenvalue weighted by atomic mass is 10.0. The Labute approximate surface area is 147 Å². The van der Waals surface area contributed by atoms with Crippen molar-refractivity contribution in [2.24, 2.45) is 0 Å². The minimum atomic E-state index is -0.269. The van der Waals surface area contributed by atoms with Gasteiger partial charge in [0.1, 0.15) is 5.82 Å². The molecule has 2 rings (SSSR count). The van der Waals surface area contributed by atoms with Gasteiger partial charge in [0.05, 0.1) is 6.04 Å². The number of halogens is 1. The summed E-state index contributed by atoms with van der Waals surface area (Å²) in [5, 5.41) is 2.98. The Kier molecular flexibility index (Phi) is 6.40. The van der Waals surface area contributed by atoms with E-state index in [2.05, 4.69) is 5.32 Å². The smallest absolute Gasteiger partial charge is 0.251 e. The quantitative estimate of drug-likeness (QED) is 0.806. The first-order valence-corrected chi connectivity index (χ1v) is 8.99. The van der Waals surface area contributed by atoms with Crippen molar-refractivity contribution in [3.05, 3.63) is 65.0 Å². The number of likely N-dealkylation sites (N-methyl/N-ethyl adjacent to an activating group) is 1. The lowest BCUT2D eigenvalue weighted by molar-refractivity contribution is 0.0941. The maximum Gasteiger partial charge on any atom is 0.251 e. The predicted molar refractivity (Wildman–Crippen MR) is 98.1 cm³/mol. The highest BCUT2D eigenvalue weighted by Crippen LogP contribution is 2.21. The number of benzene rings is 2. The van der Waals surface area contributed by atoms with Crippen LogP contribution in [-0.2, 0) is 0 Å². The van der Waals surface area contributed by atoms with Gasteiger partial charge < -0.3 is 10.2 Å². The first kappa shape index (κ1) is 18.5. The zero-order valence-corrected chi connectivity index (χ0v) is 15.3. The average molecular weight is 346 g/mol. The molecule has 0 fully saturated rings. The van der Waals surface area contributed by atoms with Crippen molar-refractivity contribution in [1.82, 2.24) is 10.2 Å². The van der Waals surface area contributed by atoms with Gasteiger partial charge in [0, 0.05) is 17.0 Å². The number of carbonyl (C=O) groups is 1. The lowest BCUT2D eigenvalue weighted by Crippen LogP contribution is -2.34. The molecule has 1 atom stereocenters. The Morgan fingerprint density at radius 1 is 1.25 bits per heavy atom. The number of nitrogens with one attached hydrogen (secondary N) is 1. The van der Waals surface area contributed by atoms with Gasteiger partial charge in [-0.2, -0.15) is 0 Å². The molecule has 5 heteroatoms. The number of rotatable bonds is 6. The van der Waals surface area contributed by atoms with Crippen LogP contribution in [0.1, 0.15) is 27.5 Å². The largest absolute Gasteiger partial charge is 0.350 e. The fraction of sp³-hybridized carbons (Fsp3) is 0.316. The predicted octanol–water partition coefficient (Wildman–Crippen LogP) is 3.89. The summed E-state index contributed by atoms with van der Waals surface area (Å²) in [6.07, 6.45) is 1.98. The first-order chi connectivity index (χ1) is 11.4. The van der Waals surface area contributed by atoms with Crippen LogP contribution in [0.15, 0.2) is 47.4 Å². The molecule has 1 N–H and O–H groups in total. The van der Waals surface area contributed by atoms with E-state index >= 15 is 0 Å². The number of amides is 1. The third-order valence-electron chi connectivity index (χ3n) is 4.00. The summed E-state index contributed by atoms with van der Waals surface area (Å²) in [7, 11) is 3.84. The number of thioether (sulfide) groups is 1. The van der Waals surface area contributed by atoms with E-state index in [0.29, 0.717) is 12.1 Å². The molecule has 0 bridgehead atoms. The van der Waals surface area contributed by atoms with Gasteiger partial charge >= 0.3 is 0 Å². The van der Waals surface area contributed by atoms with Crippen molar-refractivity contribution < 1.29 is 9.18 Å². The Balaban J connectivity index is 2.13. The van der Waals surface area contributed by atoms with Crippen LogP contribution in [-0.4, -0.2) is 37.7 Å². The molecule has 24 heavy (non-hydrogen) atoms. The number of hydrogen-bond acceptors (Lipinski definition) is 3. The van der Waals surface area contributed by atoms with Gasteiger partial charge in [-0.25, -0.2) is 4.39 Å². The van der Waals surface area contributed by atoms with Crippen LogP contribution in [0.5, 0.6) is 0 Å². The maximum atomic E-state index is 13.5. The fourth-order valence-electron chi connectivity index (χ4n) is 2.57. The Bertz CT molecular complexity index is 718. The van der Waals surface area contributed by atoms with Gasteiger partial charge in [-0.15, -0.1) is 11.8 Å². The van der Waals surface area contributed by atoms with Crippen molar-refractivity contribution in [3.63, 3.8) is 0 Å². The Hall–Kier alpha value is -1.85. The van der Waals surface area contributed by atoms with Crippen molar-refractivity contribution in [2.45, 2.75) is 17.9 Å². The second kappa shape index (κ2) is 8.31. The molecule has 0 aliphatic heterocycles. The topological polar surface area (TPSA) is 32.3 Å². The SMILES string of the molecule is CSc1ccc(C)c(C(=O)NCC(c2cccc(F)c2)N(C)C)c1. The van der Waals surface area contributed by atoms with E-state index in [1.54, 1.807) is 17.8 Å². The molecule has 0 aliphatic rings. The van der Waals surface area contributed by atoms with Crippen LogP contribution in [0.25, 0.3) is 0 Å². The minimum Gasteiger partial charge on any atom is -0.350 e. The summed E-state index contributed by atoms with van der Waals surface area (Å²) in [6, 6.07) is 12.3. The molecule has 128 valence electrons. The number of carbonyl (C=O) groups excluding carboxylic acids is 1. The molecule has 3 nitrogen and oxygen atoms in total. The highest BCUT2D eigenvalue weighted by atomic mass is 32.2. The average Bonchev–Trinajstić information content (AvgIpc) is 2.55. The summed E-state index contributed by atoms with van der Waals surface area (Å²) in [6.45, 7) is 2.34. The number of hydrogen-bond donors (Lipinski definition) is 1. The zero-order chi connectivity index (χ0) is 17.7. The molecular weight excluding hydrogens is 323 g/mol. The van der Waals surface area contributed by atoms with Crippen molar-refractivity contribution in [2.75, 3.05) is 26.9 Å². The van der Waals surface area contributed by atoms with E-state index in [1.165, 1.54) is 12.1 Å². The fourth-order valence-corrected chi connectivity index (χ4v) is 3.01. The standard InChI is InChI=1S/C19H23FN2OS/c1-13-8-9-16(24-4)11-17(13)19(23)21-12-18(22(2)3)14-6-5-7-15(20)10-14/h5-11,18H,12H2,1-4H3,(H,21,23). The van der Waals surface area contributed by atoms with Gasteiger partial charge in [-0.3, -0.25) is 4.79 Å². The molecule has 0 radical (unpaired) electrons. The van der Waals surface area contributed by atoms with Crippen LogP contribution in [0, 0.1) is 12.7 Å². The molecule has 2 aromatic carbocycles. The molecule has 0 aliphatic carbocycles. The first-order valence-electron chi connectivity index (χ1n) is 7.77. The molecule has 1 amide bonds. The minimum absolute atomic E-state index is 0.0892. The molecular formula is C19H23FN2OS. The Morgan fingerprint density at radius 2 is 2.00 bits per heavy atom.